The lowest BCUT2D eigenvalue weighted by atomic mass is 9.95. The van der Waals surface area contributed by atoms with E-state index >= 15 is 0 Å². The third-order valence-corrected chi connectivity index (χ3v) is 4.72. The van der Waals surface area contributed by atoms with E-state index in [0.717, 1.165) is 11.7 Å². The summed E-state index contributed by atoms with van der Waals surface area (Å²) in [6, 6.07) is 17.2. The summed E-state index contributed by atoms with van der Waals surface area (Å²) in [5, 5.41) is 0. The van der Waals surface area contributed by atoms with E-state index in [1.165, 1.54) is 36.0 Å². The molecule has 0 aromatic heterocycles. The second-order valence-electron chi connectivity index (χ2n) is 6.18. The topological polar surface area (TPSA) is 21.8 Å². The van der Waals surface area contributed by atoms with Gasteiger partial charge in [0.15, 0.2) is 0 Å². The number of benzene rings is 2. The van der Waals surface area contributed by atoms with Crippen molar-refractivity contribution in [1.82, 2.24) is 0 Å². The summed E-state index contributed by atoms with van der Waals surface area (Å²) in [6.45, 7) is 0. The fourth-order valence-corrected chi connectivity index (χ4v) is 3.46. The van der Waals surface area contributed by atoms with Crippen LogP contribution in [0.25, 0.3) is 11.1 Å². The summed E-state index contributed by atoms with van der Waals surface area (Å²) in [5.74, 6) is 1.72. The highest BCUT2D eigenvalue weighted by Gasteiger charge is 2.47. The quantitative estimate of drug-likeness (QED) is 0.787. The van der Waals surface area contributed by atoms with Crippen LogP contribution in [0.2, 0.25) is 0 Å². The SMILES string of the molecule is COc1ccc(-c2ccc(C[C@H]3C[C@@H]4O[C@@H]4C3)cc2)cc1. The molecule has 1 heterocycles. The predicted molar refractivity (Wildman–Crippen MR) is 83.5 cm³/mol. The van der Waals surface area contributed by atoms with E-state index in [2.05, 4.69) is 36.4 Å². The van der Waals surface area contributed by atoms with Crippen molar-refractivity contribution in [2.45, 2.75) is 31.5 Å². The van der Waals surface area contributed by atoms with Crippen molar-refractivity contribution in [3.8, 4) is 16.9 Å². The first-order valence-electron chi connectivity index (χ1n) is 7.70. The number of methoxy groups -OCH3 is 1. The zero-order valence-corrected chi connectivity index (χ0v) is 12.3. The lowest BCUT2D eigenvalue weighted by Gasteiger charge is -2.11. The summed E-state index contributed by atoms with van der Waals surface area (Å²) in [6.07, 6.45) is 4.89. The monoisotopic (exact) mass is 280 g/mol. The number of epoxide rings is 1. The van der Waals surface area contributed by atoms with Crippen LogP contribution in [-0.2, 0) is 11.2 Å². The lowest BCUT2D eigenvalue weighted by Crippen LogP contribution is -2.03. The Morgan fingerprint density at radius 3 is 2.05 bits per heavy atom. The smallest absolute Gasteiger partial charge is 0.118 e. The third-order valence-electron chi connectivity index (χ3n) is 4.72. The molecule has 2 aromatic rings. The van der Waals surface area contributed by atoms with E-state index in [-0.39, 0.29) is 0 Å². The Balaban J connectivity index is 1.44. The lowest BCUT2D eigenvalue weighted by molar-refractivity contribution is 0.272. The Kier molecular flexibility index (Phi) is 3.19. The predicted octanol–water partition coefficient (Wildman–Crippen LogP) is 4.08. The molecule has 108 valence electrons. The van der Waals surface area contributed by atoms with Crippen LogP contribution in [0.15, 0.2) is 48.5 Å². The number of hydrogen-bond donors (Lipinski definition) is 0. The molecule has 2 nitrogen and oxygen atoms in total. The summed E-state index contributed by atoms with van der Waals surface area (Å²) in [4.78, 5) is 0. The number of fused-ring (bicyclic) bond motifs is 1. The molecule has 0 bridgehead atoms. The van der Waals surface area contributed by atoms with Crippen LogP contribution in [0.1, 0.15) is 18.4 Å². The van der Waals surface area contributed by atoms with Crippen molar-refractivity contribution in [2.24, 2.45) is 5.92 Å². The maximum atomic E-state index is 5.51. The Bertz CT molecular complexity index is 605. The molecule has 1 aliphatic heterocycles. The number of hydrogen-bond acceptors (Lipinski definition) is 2. The summed E-state index contributed by atoms with van der Waals surface area (Å²) >= 11 is 0. The van der Waals surface area contributed by atoms with Gasteiger partial charge < -0.3 is 9.47 Å². The molecule has 2 aliphatic rings. The highest BCUT2D eigenvalue weighted by molar-refractivity contribution is 5.64. The Labute approximate surface area is 125 Å². The fraction of sp³-hybridized carbons (Fsp3) is 0.368. The molecular formula is C19H20O2. The highest BCUT2D eigenvalue weighted by Crippen LogP contribution is 2.43. The molecule has 0 N–H and O–H groups in total. The van der Waals surface area contributed by atoms with Gasteiger partial charge in [0.2, 0.25) is 0 Å². The molecule has 1 saturated carbocycles. The van der Waals surface area contributed by atoms with Crippen LogP contribution in [0.4, 0.5) is 0 Å². The maximum Gasteiger partial charge on any atom is 0.118 e. The minimum atomic E-state index is 0.591. The number of rotatable bonds is 4. The molecule has 1 saturated heterocycles. The molecule has 0 amide bonds. The highest BCUT2D eigenvalue weighted by atomic mass is 16.6. The summed E-state index contributed by atoms with van der Waals surface area (Å²) < 4.78 is 10.7. The standard InChI is InChI=1S/C19H20O2/c1-20-17-8-6-16(7-9-17)15-4-2-13(3-5-15)10-14-11-18-19(12-14)21-18/h2-9,14,18-19H,10-12H2,1H3/t14-,18-,19+. The van der Waals surface area contributed by atoms with Crippen molar-refractivity contribution in [3.05, 3.63) is 54.1 Å². The van der Waals surface area contributed by atoms with Gasteiger partial charge in [0, 0.05) is 0 Å². The summed E-state index contributed by atoms with van der Waals surface area (Å²) in [5.41, 5.74) is 3.94. The van der Waals surface area contributed by atoms with Crippen LogP contribution >= 0.6 is 0 Å². The largest absolute Gasteiger partial charge is 0.497 e. The first kappa shape index (κ1) is 12.9. The molecule has 0 radical (unpaired) electrons. The van der Waals surface area contributed by atoms with Gasteiger partial charge in [-0.05, 0) is 54.0 Å². The van der Waals surface area contributed by atoms with Crippen molar-refractivity contribution in [2.75, 3.05) is 7.11 Å². The van der Waals surface area contributed by atoms with Gasteiger partial charge >= 0.3 is 0 Å². The van der Waals surface area contributed by atoms with E-state index in [0.29, 0.717) is 12.2 Å². The van der Waals surface area contributed by atoms with Gasteiger partial charge in [-0.2, -0.15) is 0 Å². The molecule has 2 heteroatoms. The van der Waals surface area contributed by atoms with Crippen molar-refractivity contribution < 1.29 is 9.47 Å². The first-order valence-corrected chi connectivity index (χ1v) is 7.70. The number of ether oxygens (including phenoxy) is 2. The van der Waals surface area contributed by atoms with Crippen LogP contribution < -0.4 is 4.74 Å². The van der Waals surface area contributed by atoms with Crippen LogP contribution in [0.3, 0.4) is 0 Å². The van der Waals surface area contributed by atoms with Gasteiger partial charge in [0.1, 0.15) is 5.75 Å². The molecule has 0 spiro atoms. The Hall–Kier alpha value is -1.80. The van der Waals surface area contributed by atoms with Crippen LogP contribution in [0, 0.1) is 5.92 Å². The minimum Gasteiger partial charge on any atom is -0.497 e. The van der Waals surface area contributed by atoms with Gasteiger partial charge in [0.05, 0.1) is 19.3 Å². The molecule has 0 unspecified atom stereocenters. The van der Waals surface area contributed by atoms with E-state index in [1.807, 2.05) is 12.1 Å². The van der Waals surface area contributed by atoms with Crippen molar-refractivity contribution >= 4 is 0 Å². The Morgan fingerprint density at radius 2 is 1.48 bits per heavy atom. The van der Waals surface area contributed by atoms with E-state index in [9.17, 15) is 0 Å². The van der Waals surface area contributed by atoms with Crippen LogP contribution in [0.5, 0.6) is 5.75 Å². The van der Waals surface area contributed by atoms with E-state index < -0.39 is 0 Å². The second kappa shape index (κ2) is 5.19. The van der Waals surface area contributed by atoms with Gasteiger partial charge in [0.25, 0.3) is 0 Å². The molecule has 1 aliphatic carbocycles. The van der Waals surface area contributed by atoms with E-state index in [4.69, 9.17) is 9.47 Å². The average molecular weight is 280 g/mol. The van der Waals surface area contributed by atoms with Gasteiger partial charge in [-0.1, -0.05) is 36.4 Å². The van der Waals surface area contributed by atoms with Gasteiger partial charge in [-0.3, -0.25) is 0 Å². The minimum absolute atomic E-state index is 0.591. The first-order chi connectivity index (χ1) is 10.3. The average Bonchev–Trinajstić information content (AvgIpc) is 3.15. The Morgan fingerprint density at radius 1 is 0.905 bits per heavy atom. The fourth-order valence-electron chi connectivity index (χ4n) is 3.46. The van der Waals surface area contributed by atoms with E-state index in [1.54, 1.807) is 7.11 Å². The van der Waals surface area contributed by atoms with Crippen molar-refractivity contribution in [3.63, 3.8) is 0 Å². The molecular weight excluding hydrogens is 260 g/mol. The third kappa shape index (κ3) is 2.68. The molecule has 4 rings (SSSR count). The van der Waals surface area contributed by atoms with Gasteiger partial charge in [-0.15, -0.1) is 0 Å². The molecule has 3 atom stereocenters. The molecule has 21 heavy (non-hydrogen) atoms. The molecule has 2 fully saturated rings. The van der Waals surface area contributed by atoms with Crippen LogP contribution in [-0.4, -0.2) is 19.3 Å². The zero-order chi connectivity index (χ0) is 14.2. The maximum absolute atomic E-state index is 5.51. The molecule has 2 aromatic carbocycles. The van der Waals surface area contributed by atoms with Gasteiger partial charge in [-0.25, -0.2) is 0 Å². The zero-order valence-electron chi connectivity index (χ0n) is 12.3. The normalized spacial score (nSPS) is 26.4. The van der Waals surface area contributed by atoms with Crippen molar-refractivity contribution in [1.29, 1.82) is 0 Å². The second-order valence-corrected chi connectivity index (χ2v) is 6.18. The summed E-state index contributed by atoms with van der Waals surface area (Å²) in [7, 11) is 1.70.